The van der Waals surface area contributed by atoms with Gasteiger partial charge in [0, 0.05) is 22.8 Å². The van der Waals surface area contributed by atoms with Crippen LogP contribution in [0.15, 0.2) is 53.1 Å². The van der Waals surface area contributed by atoms with E-state index in [1.165, 1.54) is 18.2 Å². The van der Waals surface area contributed by atoms with Crippen LogP contribution in [0.4, 0.5) is 13.2 Å². The highest BCUT2D eigenvalue weighted by molar-refractivity contribution is 6.03. The lowest BCUT2D eigenvalue weighted by atomic mass is 9.36. The summed E-state index contributed by atoms with van der Waals surface area (Å²) in [6.45, 7) is 12.8. The Kier molecular flexibility index (Phi) is 8.02. The van der Waals surface area contributed by atoms with E-state index in [1.807, 2.05) is 25.1 Å². The van der Waals surface area contributed by atoms with Crippen molar-refractivity contribution in [3.8, 4) is 12.1 Å². The molecule has 0 saturated heterocycles. The minimum Gasteiger partial charge on any atom is -0.346 e. The summed E-state index contributed by atoms with van der Waals surface area (Å²) in [5.74, 6) is -1.67. The molecule has 6 rings (SSSR count). The summed E-state index contributed by atoms with van der Waals surface area (Å²) in [4.78, 5) is 41.6. The van der Waals surface area contributed by atoms with E-state index in [9.17, 15) is 38.1 Å². The van der Waals surface area contributed by atoms with Crippen molar-refractivity contribution in [2.75, 3.05) is 0 Å². The molecule has 5 aliphatic rings. The van der Waals surface area contributed by atoms with E-state index in [2.05, 4.69) is 46.0 Å². The van der Waals surface area contributed by atoms with Crippen LogP contribution in [0.5, 0.6) is 0 Å². The Morgan fingerprint density at radius 2 is 1.61 bits per heavy atom. The maximum absolute atomic E-state index is 14.7. The molecule has 5 aliphatic carbocycles. The Morgan fingerprint density at radius 3 is 2.22 bits per heavy atom. The second kappa shape index (κ2) is 11.3. The zero-order chi connectivity index (χ0) is 35.9. The molecule has 9 heteroatoms. The molecule has 258 valence electrons. The van der Waals surface area contributed by atoms with E-state index in [0.717, 1.165) is 37.0 Å². The third-order valence-corrected chi connectivity index (χ3v) is 13.8. The van der Waals surface area contributed by atoms with Crippen LogP contribution >= 0.6 is 0 Å². The number of rotatable bonds is 3. The molecule has 6 unspecified atom stereocenters. The highest BCUT2D eigenvalue weighted by Crippen LogP contribution is 2.72. The SMILES string of the molecule is C[C@H]1C(=O)C(C#N)=CC2(C)C3=CC(=O)C4C5CC(C)(C)CCC5(NC(=O)/C(C#N)=C/c5ccc(C(F)(F)F)cc5)CC[C@@]4(C)C3(C)CCC12. The number of carbonyl (C=O) groups excluding carboxylic acids is 3. The first-order valence-corrected chi connectivity index (χ1v) is 17.3. The number of hydrogen-bond donors (Lipinski definition) is 1. The summed E-state index contributed by atoms with van der Waals surface area (Å²) in [6.07, 6.45) is 5.46. The Labute approximate surface area is 286 Å². The van der Waals surface area contributed by atoms with Gasteiger partial charge < -0.3 is 5.32 Å². The van der Waals surface area contributed by atoms with Crippen LogP contribution in [-0.4, -0.2) is 23.0 Å². The zero-order valence-electron chi connectivity index (χ0n) is 29.1. The first-order chi connectivity index (χ1) is 22.7. The molecule has 8 atom stereocenters. The zero-order valence-corrected chi connectivity index (χ0v) is 29.1. The lowest BCUT2D eigenvalue weighted by molar-refractivity contribution is -0.161. The van der Waals surface area contributed by atoms with Gasteiger partial charge in [-0.1, -0.05) is 65.3 Å². The van der Waals surface area contributed by atoms with Crippen LogP contribution < -0.4 is 5.32 Å². The molecular formula is C40H44F3N3O3. The Hall–Kier alpha value is -3.98. The number of fused-ring (bicyclic) bond motifs is 7. The summed E-state index contributed by atoms with van der Waals surface area (Å²) in [6, 6.07) is 8.40. The van der Waals surface area contributed by atoms with Crippen molar-refractivity contribution < 1.29 is 27.6 Å². The number of nitriles is 2. The lowest BCUT2D eigenvalue weighted by Crippen LogP contribution is -2.69. The minimum atomic E-state index is -4.50. The molecule has 6 nitrogen and oxygen atoms in total. The van der Waals surface area contributed by atoms with Crippen LogP contribution in [0, 0.1) is 68.0 Å². The second-order valence-corrected chi connectivity index (χ2v) is 16.8. The number of Topliss-reactive ketones (excluding diaryl/α,β-unsaturated/α-hetero) is 1. The predicted octanol–water partition coefficient (Wildman–Crippen LogP) is 8.31. The van der Waals surface area contributed by atoms with Gasteiger partial charge in [0.1, 0.15) is 17.7 Å². The molecule has 0 spiro atoms. The standard InChI is InChI=1S/C40H44F3N3O3/c1-23-28-11-12-37(5)31(36(28,4)19-26(22-45)33(23)48)18-30(47)32-29-20-35(2,3)13-15-39(29,16-14-38(32,37)6)46-34(49)25(21-44)17-24-7-9-27(10-8-24)40(41,42)43/h7-10,17-19,23,28-29,32H,11-16,20H2,1-6H3,(H,46,49)/b25-17+/t23-,28?,29?,32?,36?,37?,38-,39?/m1/s1. The van der Waals surface area contributed by atoms with Gasteiger partial charge in [-0.15, -0.1) is 0 Å². The molecule has 3 fully saturated rings. The maximum atomic E-state index is 14.7. The van der Waals surface area contributed by atoms with Gasteiger partial charge in [-0.05, 0) is 103 Å². The van der Waals surface area contributed by atoms with E-state index in [-0.39, 0.29) is 45.9 Å². The summed E-state index contributed by atoms with van der Waals surface area (Å²) in [5.41, 5.74) is -1.87. The van der Waals surface area contributed by atoms with Crippen LogP contribution in [0.1, 0.15) is 97.6 Å². The van der Waals surface area contributed by atoms with Crippen molar-refractivity contribution in [3.05, 3.63) is 64.3 Å². The fraction of sp³-hybridized carbons (Fsp3) is 0.575. The number of carbonyl (C=O) groups is 3. The molecule has 0 radical (unpaired) electrons. The molecule has 0 aliphatic heterocycles. The number of halogens is 3. The van der Waals surface area contributed by atoms with Crippen molar-refractivity contribution in [1.82, 2.24) is 5.32 Å². The predicted molar refractivity (Wildman–Crippen MR) is 178 cm³/mol. The number of allylic oxidation sites excluding steroid dienone is 4. The largest absolute Gasteiger partial charge is 0.416 e. The van der Waals surface area contributed by atoms with E-state index in [1.54, 1.807) is 0 Å². The van der Waals surface area contributed by atoms with Crippen LogP contribution in [0.25, 0.3) is 6.08 Å². The van der Waals surface area contributed by atoms with Crippen molar-refractivity contribution in [3.63, 3.8) is 0 Å². The Bertz CT molecular complexity index is 1810. The molecule has 1 N–H and O–H groups in total. The van der Waals surface area contributed by atoms with Gasteiger partial charge in [0.2, 0.25) is 0 Å². The van der Waals surface area contributed by atoms with E-state index in [0.29, 0.717) is 31.2 Å². The maximum Gasteiger partial charge on any atom is 0.416 e. The smallest absolute Gasteiger partial charge is 0.346 e. The quantitative estimate of drug-likeness (QED) is 0.257. The molecular weight excluding hydrogens is 627 g/mol. The first-order valence-electron chi connectivity index (χ1n) is 17.3. The summed E-state index contributed by atoms with van der Waals surface area (Å²) in [5, 5.41) is 23.1. The van der Waals surface area contributed by atoms with Gasteiger partial charge in [0.25, 0.3) is 5.91 Å². The van der Waals surface area contributed by atoms with Gasteiger partial charge in [0.15, 0.2) is 11.6 Å². The van der Waals surface area contributed by atoms with Gasteiger partial charge in [-0.25, -0.2) is 0 Å². The minimum absolute atomic E-state index is 0.00939. The van der Waals surface area contributed by atoms with Gasteiger partial charge in [-0.2, -0.15) is 23.7 Å². The van der Waals surface area contributed by atoms with Gasteiger partial charge in [0.05, 0.1) is 11.1 Å². The lowest BCUT2D eigenvalue weighted by Gasteiger charge is -2.68. The number of hydrogen-bond acceptors (Lipinski definition) is 5. The number of nitrogens with one attached hydrogen (secondary N) is 1. The topological polar surface area (TPSA) is 111 Å². The summed E-state index contributed by atoms with van der Waals surface area (Å²) < 4.78 is 39.3. The average Bonchev–Trinajstić information content (AvgIpc) is 3.03. The number of amides is 1. The summed E-state index contributed by atoms with van der Waals surface area (Å²) >= 11 is 0. The molecule has 49 heavy (non-hydrogen) atoms. The molecule has 3 saturated carbocycles. The van der Waals surface area contributed by atoms with Crippen molar-refractivity contribution in [2.24, 2.45) is 45.3 Å². The fourth-order valence-corrected chi connectivity index (χ4v) is 10.8. The molecule has 0 aromatic heterocycles. The third-order valence-electron chi connectivity index (χ3n) is 13.8. The van der Waals surface area contributed by atoms with E-state index < -0.39 is 45.3 Å². The van der Waals surface area contributed by atoms with Crippen molar-refractivity contribution in [1.29, 1.82) is 10.5 Å². The van der Waals surface area contributed by atoms with E-state index in [4.69, 9.17) is 0 Å². The molecule has 1 aromatic carbocycles. The molecule has 1 amide bonds. The number of nitrogens with zero attached hydrogens (tertiary/aromatic N) is 2. The highest BCUT2D eigenvalue weighted by atomic mass is 19.4. The Morgan fingerprint density at radius 1 is 0.959 bits per heavy atom. The molecule has 0 bridgehead atoms. The first kappa shape index (κ1) is 34.9. The van der Waals surface area contributed by atoms with Gasteiger partial charge >= 0.3 is 6.18 Å². The van der Waals surface area contributed by atoms with E-state index >= 15 is 0 Å². The number of alkyl halides is 3. The molecule has 0 heterocycles. The highest BCUT2D eigenvalue weighted by Gasteiger charge is 2.69. The fourth-order valence-electron chi connectivity index (χ4n) is 10.8. The molecule has 1 aromatic rings. The van der Waals surface area contributed by atoms with Crippen LogP contribution in [0.2, 0.25) is 0 Å². The second-order valence-electron chi connectivity index (χ2n) is 16.8. The van der Waals surface area contributed by atoms with Crippen LogP contribution in [0.3, 0.4) is 0 Å². The van der Waals surface area contributed by atoms with Crippen LogP contribution in [-0.2, 0) is 20.6 Å². The summed E-state index contributed by atoms with van der Waals surface area (Å²) in [7, 11) is 0. The van der Waals surface area contributed by atoms with Gasteiger partial charge in [-0.3, -0.25) is 14.4 Å². The van der Waals surface area contributed by atoms with Crippen molar-refractivity contribution in [2.45, 2.75) is 98.2 Å². The number of ketones is 2. The van der Waals surface area contributed by atoms with Crippen molar-refractivity contribution >= 4 is 23.5 Å². The monoisotopic (exact) mass is 671 g/mol. The number of benzene rings is 1. The normalized spacial score (nSPS) is 38.3. The average molecular weight is 672 g/mol. The Balaban J connectivity index is 1.39. The third kappa shape index (κ3) is 5.22.